The van der Waals surface area contributed by atoms with Gasteiger partial charge in [-0.05, 0) is 57.1 Å². The van der Waals surface area contributed by atoms with Crippen molar-refractivity contribution in [3.8, 4) is 0 Å². The van der Waals surface area contributed by atoms with Crippen molar-refractivity contribution >= 4 is 27.8 Å². The molecule has 0 radical (unpaired) electrons. The maximum atomic E-state index is 13.0. The van der Waals surface area contributed by atoms with Crippen LogP contribution in [0.1, 0.15) is 69.2 Å². The second-order valence-corrected chi connectivity index (χ2v) is 15.7. The van der Waals surface area contributed by atoms with Crippen molar-refractivity contribution in [2.45, 2.75) is 64.9 Å². The Labute approximate surface area is 206 Å². The van der Waals surface area contributed by atoms with Gasteiger partial charge in [-0.15, -0.1) is 0 Å². The van der Waals surface area contributed by atoms with E-state index in [1.54, 1.807) is 31.2 Å². The van der Waals surface area contributed by atoms with E-state index in [2.05, 4.69) is 33.3 Å². The minimum atomic E-state index is -1.13. The van der Waals surface area contributed by atoms with Gasteiger partial charge in [-0.25, -0.2) is 10.0 Å². The van der Waals surface area contributed by atoms with E-state index in [1.807, 2.05) is 25.7 Å². The average molecular weight is 495 g/mol. The van der Waals surface area contributed by atoms with E-state index >= 15 is 0 Å². The average Bonchev–Trinajstić information content (AvgIpc) is 2.95. The first kappa shape index (κ1) is 28.3. The molecule has 1 aromatic carbocycles. The Morgan fingerprint density at radius 2 is 1.56 bits per heavy atom. The Hall–Kier alpha value is -1.90. The van der Waals surface area contributed by atoms with Gasteiger partial charge in [-0.1, -0.05) is 32.9 Å². The van der Waals surface area contributed by atoms with Crippen LogP contribution in [0.25, 0.3) is 0 Å². The zero-order chi connectivity index (χ0) is 25.9. The van der Waals surface area contributed by atoms with Gasteiger partial charge in [0, 0.05) is 12.1 Å². The molecule has 1 atom stereocenters. The zero-order valence-corrected chi connectivity index (χ0v) is 23.1. The first-order chi connectivity index (χ1) is 15.6. The normalized spacial score (nSPS) is 16.1. The monoisotopic (exact) mass is 494 g/mol. The number of hydrogen-bond acceptors (Lipinski definition) is 6. The van der Waals surface area contributed by atoms with Crippen LogP contribution in [-0.4, -0.2) is 88.7 Å². The fraction of sp³-hybridized carbons (Fsp3) is 0.654. The number of ether oxygens (including phenoxy) is 2. The quantitative estimate of drug-likeness (QED) is 0.359. The summed E-state index contributed by atoms with van der Waals surface area (Å²) in [6.45, 7) is 15.4. The molecule has 0 saturated heterocycles. The van der Waals surface area contributed by atoms with E-state index in [9.17, 15) is 14.4 Å². The molecule has 0 bridgehead atoms. The van der Waals surface area contributed by atoms with Crippen molar-refractivity contribution in [3.63, 3.8) is 0 Å². The Balaban J connectivity index is 2.29. The lowest BCUT2D eigenvalue weighted by Gasteiger charge is -2.45. The van der Waals surface area contributed by atoms with E-state index in [0.717, 1.165) is 0 Å². The third-order valence-electron chi connectivity index (χ3n) is 6.52. The summed E-state index contributed by atoms with van der Waals surface area (Å²) in [4.78, 5) is 41.6. The molecule has 0 N–H and O–H groups in total. The van der Waals surface area contributed by atoms with Gasteiger partial charge < -0.3 is 9.47 Å². The molecule has 0 unspecified atom stereocenters. The zero-order valence-electron chi connectivity index (χ0n) is 22.3. The molecular weight excluding hydrogens is 452 g/mol. The molecule has 1 aromatic rings. The predicted octanol–water partition coefficient (Wildman–Crippen LogP) is 4.15. The van der Waals surface area contributed by atoms with Crippen molar-refractivity contribution < 1.29 is 23.9 Å². The number of esters is 1. The first-order valence-electron chi connectivity index (χ1n) is 11.8. The summed E-state index contributed by atoms with van der Waals surface area (Å²) < 4.78 is 11.7. The molecule has 2 amide bonds. The fourth-order valence-corrected chi connectivity index (χ4v) is 4.28. The molecule has 1 aliphatic rings. The number of carbonyl (C=O) groups is 3. The Bertz CT molecular complexity index is 866. The molecule has 192 valence electrons. The van der Waals surface area contributed by atoms with Crippen LogP contribution >= 0.6 is 10.0 Å². The van der Waals surface area contributed by atoms with Crippen molar-refractivity contribution in [2.75, 3.05) is 44.7 Å². The smallest absolute Gasteiger partial charge is 0.320 e. The number of hydrogen-bond donors (Lipinski definition) is 0. The highest BCUT2D eigenvalue weighted by atomic mass is 32.3. The van der Waals surface area contributed by atoms with Crippen molar-refractivity contribution in [1.29, 1.82) is 0 Å². The second-order valence-electron chi connectivity index (χ2n) is 11.2. The van der Waals surface area contributed by atoms with Gasteiger partial charge >= 0.3 is 5.97 Å². The van der Waals surface area contributed by atoms with Crippen molar-refractivity contribution in [2.24, 2.45) is 0 Å². The van der Waals surface area contributed by atoms with E-state index in [4.69, 9.17) is 9.47 Å². The van der Waals surface area contributed by atoms with Gasteiger partial charge in [0.1, 0.15) is 0 Å². The summed E-state index contributed by atoms with van der Waals surface area (Å²) in [6, 6.07) is 6.88. The number of fused-ring (bicyclic) bond motifs is 1. The van der Waals surface area contributed by atoms with E-state index < -0.39 is 16.1 Å². The van der Waals surface area contributed by atoms with E-state index in [-0.39, 0.29) is 41.2 Å². The standard InChI is InChI=1S/C26H42N2O5S/c1-10-32-22(29)17-27(25(2,3)4)15-19(33-18-34(8,9)26(5,6)7)16-28-23(30)20-13-11-12-14-21(20)24(28)31/h11-14,19H,10,15-18H2,1-9H3/t19-/m1/s1. The van der Waals surface area contributed by atoms with Gasteiger partial charge in [-0.3, -0.25) is 24.2 Å². The molecule has 0 aromatic heterocycles. The molecule has 0 fully saturated rings. The van der Waals surface area contributed by atoms with Crippen LogP contribution in [0.3, 0.4) is 0 Å². The highest BCUT2D eigenvalue weighted by molar-refractivity contribution is 8.33. The Morgan fingerprint density at radius 3 is 2.00 bits per heavy atom. The maximum absolute atomic E-state index is 13.0. The molecule has 1 heterocycles. The summed E-state index contributed by atoms with van der Waals surface area (Å²) >= 11 is 0. The van der Waals surface area contributed by atoms with Crippen molar-refractivity contribution in [3.05, 3.63) is 35.4 Å². The van der Waals surface area contributed by atoms with Crippen LogP contribution in [0.15, 0.2) is 24.3 Å². The molecule has 1 aliphatic heterocycles. The lowest BCUT2D eigenvalue weighted by Crippen LogP contribution is -2.51. The second kappa shape index (κ2) is 10.8. The van der Waals surface area contributed by atoms with Gasteiger partial charge in [-0.2, -0.15) is 0 Å². The number of benzene rings is 1. The van der Waals surface area contributed by atoms with E-state index in [0.29, 0.717) is 30.2 Å². The van der Waals surface area contributed by atoms with Crippen LogP contribution in [0.5, 0.6) is 0 Å². The highest BCUT2D eigenvalue weighted by Gasteiger charge is 2.38. The molecule has 0 saturated carbocycles. The van der Waals surface area contributed by atoms with Crippen LogP contribution < -0.4 is 0 Å². The summed E-state index contributed by atoms with van der Waals surface area (Å²) in [5.74, 6) is -0.381. The number of imide groups is 1. The van der Waals surface area contributed by atoms with E-state index in [1.165, 1.54) is 4.90 Å². The number of amides is 2. The fourth-order valence-electron chi connectivity index (χ4n) is 3.40. The highest BCUT2D eigenvalue weighted by Crippen LogP contribution is 2.52. The Morgan fingerprint density at radius 1 is 1.03 bits per heavy atom. The third-order valence-corrected chi connectivity index (χ3v) is 10.6. The molecular formula is C26H42N2O5S. The summed E-state index contributed by atoms with van der Waals surface area (Å²) in [5, 5.41) is 0. The van der Waals surface area contributed by atoms with Crippen LogP contribution in [0.4, 0.5) is 0 Å². The lowest BCUT2D eigenvalue weighted by atomic mass is 10.1. The van der Waals surface area contributed by atoms with Gasteiger partial charge in [0.05, 0.1) is 42.9 Å². The van der Waals surface area contributed by atoms with Crippen LogP contribution in [-0.2, 0) is 14.3 Å². The first-order valence-corrected chi connectivity index (χ1v) is 14.4. The minimum Gasteiger partial charge on any atom is -0.465 e. The largest absolute Gasteiger partial charge is 0.465 e. The van der Waals surface area contributed by atoms with Gasteiger partial charge in [0.15, 0.2) is 0 Å². The number of nitrogens with zero attached hydrogens (tertiary/aromatic N) is 2. The van der Waals surface area contributed by atoms with Gasteiger partial charge in [0.2, 0.25) is 0 Å². The third kappa shape index (κ3) is 6.83. The molecule has 8 heteroatoms. The van der Waals surface area contributed by atoms with Crippen molar-refractivity contribution in [1.82, 2.24) is 9.80 Å². The van der Waals surface area contributed by atoms with Crippen LogP contribution in [0.2, 0.25) is 0 Å². The topological polar surface area (TPSA) is 76.2 Å². The Kier molecular flexibility index (Phi) is 8.99. The summed E-state index contributed by atoms with van der Waals surface area (Å²) in [7, 11) is -1.13. The molecule has 7 nitrogen and oxygen atoms in total. The maximum Gasteiger partial charge on any atom is 0.320 e. The minimum absolute atomic E-state index is 0.0711. The molecule has 0 aliphatic carbocycles. The number of carbonyl (C=O) groups excluding carboxylic acids is 3. The molecule has 34 heavy (non-hydrogen) atoms. The molecule has 0 spiro atoms. The lowest BCUT2D eigenvalue weighted by molar-refractivity contribution is -0.146. The summed E-state index contributed by atoms with van der Waals surface area (Å²) in [6.07, 6.45) is 4.00. The molecule has 2 rings (SSSR count). The van der Waals surface area contributed by atoms with Gasteiger partial charge in [0.25, 0.3) is 11.8 Å². The number of rotatable bonds is 10. The SMILES string of the molecule is CCOC(=O)CN(C[C@H](CN1C(=O)c2ccccc2C1=O)OCS(C)(C)C(C)(C)C)C(C)(C)C. The van der Waals surface area contributed by atoms with Crippen LogP contribution in [0, 0.1) is 0 Å². The predicted molar refractivity (Wildman–Crippen MR) is 139 cm³/mol. The summed E-state index contributed by atoms with van der Waals surface area (Å²) in [5.41, 5.74) is 0.500.